The summed E-state index contributed by atoms with van der Waals surface area (Å²) in [5, 5.41) is 7.46. The molecule has 9 heteroatoms. The number of benzene rings is 1. The molecule has 1 aliphatic heterocycles. The van der Waals surface area contributed by atoms with Crippen LogP contribution >= 0.6 is 0 Å². The van der Waals surface area contributed by atoms with Crippen molar-refractivity contribution < 1.29 is 9.53 Å². The minimum absolute atomic E-state index is 0.170. The number of likely N-dealkylation sites (tertiary alicyclic amines) is 1. The van der Waals surface area contributed by atoms with Crippen LogP contribution in [0.4, 0.5) is 5.95 Å². The topological polar surface area (TPSA) is 90.1 Å². The van der Waals surface area contributed by atoms with E-state index in [-0.39, 0.29) is 5.91 Å². The number of hydrogen-bond donors (Lipinski definition) is 1. The van der Waals surface area contributed by atoms with Gasteiger partial charge in [-0.25, -0.2) is 4.98 Å². The Morgan fingerprint density at radius 2 is 1.85 bits per heavy atom. The highest BCUT2D eigenvalue weighted by Gasteiger charge is 2.26. The lowest BCUT2D eigenvalue weighted by molar-refractivity contribution is 0.102. The van der Waals surface area contributed by atoms with Crippen LogP contribution in [0.5, 0.6) is 0 Å². The molecule has 2 aliphatic rings. The van der Waals surface area contributed by atoms with Crippen molar-refractivity contribution in [3.63, 3.8) is 0 Å². The molecule has 1 N–H and O–H groups in total. The Morgan fingerprint density at radius 3 is 2.59 bits per heavy atom. The highest BCUT2D eigenvalue weighted by molar-refractivity contribution is 6.04. The van der Waals surface area contributed by atoms with Crippen LogP contribution in [0.25, 0.3) is 22.3 Å². The molecule has 216 valence electrons. The van der Waals surface area contributed by atoms with Crippen LogP contribution in [0.3, 0.4) is 0 Å². The summed E-state index contributed by atoms with van der Waals surface area (Å²) in [5.41, 5.74) is 6.43. The molecule has 0 radical (unpaired) electrons. The zero-order valence-corrected chi connectivity index (χ0v) is 24.5. The molecule has 1 aromatic carbocycles. The molecule has 1 saturated carbocycles. The highest BCUT2D eigenvalue weighted by Crippen LogP contribution is 2.37. The zero-order valence-electron chi connectivity index (χ0n) is 24.5. The van der Waals surface area contributed by atoms with Crippen LogP contribution < -0.4 is 5.32 Å². The van der Waals surface area contributed by atoms with E-state index in [1.165, 1.54) is 24.8 Å². The number of piperidine rings is 1. The fourth-order valence-corrected chi connectivity index (χ4v) is 6.55. The van der Waals surface area contributed by atoms with E-state index in [1.54, 1.807) is 18.0 Å². The van der Waals surface area contributed by atoms with Gasteiger partial charge in [0.25, 0.3) is 5.91 Å². The van der Waals surface area contributed by atoms with E-state index in [0.717, 1.165) is 79.9 Å². The lowest BCUT2D eigenvalue weighted by atomic mass is 9.89. The molecule has 0 spiro atoms. The molecule has 9 nitrogen and oxygen atoms in total. The second kappa shape index (κ2) is 12.1. The predicted octanol–water partition coefficient (Wildman–Crippen LogP) is 5.72. The van der Waals surface area contributed by atoms with Gasteiger partial charge in [0.2, 0.25) is 5.95 Å². The third-order valence-electron chi connectivity index (χ3n) is 8.77. The lowest BCUT2D eigenvalue weighted by Crippen LogP contribution is -2.35. The number of aromatic nitrogens is 5. The number of carbonyl (C=O) groups excluding carboxylic acids is 1. The Morgan fingerprint density at radius 1 is 1.05 bits per heavy atom. The van der Waals surface area contributed by atoms with Crippen LogP contribution in [-0.2, 0) is 11.8 Å². The van der Waals surface area contributed by atoms with Gasteiger partial charge in [-0.15, -0.1) is 0 Å². The van der Waals surface area contributed by atoms with Gasteiger partial charge in [0, 0.05) is 49.8 Å². The number of ether oxygens (including phenoxy) is 1. The SMILES string of the molecule is COCCN1CCC(c2ccc3nc(NC(=O)c4cc(C)nc(-c5cnn(C)c5)c4)n(C4CCCCC4)c3c2)CC1. The molecular formula is C32H41N7O2. The van der Waals surface area contributed by atoms with Crippen molar-refractivity contribution in [2.24, 2.45) is 7.05 Å². The van der Waals surface area contributed by atoms with E-state index in [9.17, 15) is 4.79 Å². The number of anilines is 1. The van der Waals surface area contributed by atoms with Gasteiger partial charge in [-0.1, -0.05) is 25.3 Å². The summed E-state index contributed by atoms with van der Waals surface area (Å²) in [6.07, 6.45) is 11.9. The summed E-state index contributed by atoms with van der Waals surface area (Å²) < 4.78 is 9.34. The van der Waals surface area contributed by atoms with E-state index in [1.807, 2.05) is 32.3 Å². The minimum Gasteiger partial charge on any atom is -0.383 e. The number of fused-ring (bicyclic) bond motifs is 1. The maximum Gasteiger partial charge on any atom is 0.258 e. The summed E-state index contributed by atoms with van der Waals surface area (Å²) in [6, 6.07) is 10.7. The number of imidazole rings is 1. The fraction of sp³-hybridized carbons (Fsp3) is 0.500. The number of carbonyl (C=O) groups is 1. The fourth-order valence-electron chi connectivity index (χ4n) is 6.55. The first-order valence-electron chi connectivity index (χ1n) is 15.0. The van der Waals surface area contributed by atoms with Gasteiger partial charge in [0.1, 0.15) is 0 Å². The molecule has 1 aliphatic carbocycles. The molecule has 3 aromatic heterocycles. The number of nitrogens with zero attached hydrogens (tertiary/aromatic N) is 6. The van der Waals surface area contributed by atoms with Gasteiger partial charge in [-0.05, 0) is 81.4 Å². The minimum atomic E-state index is -0.170. The van der Waals surface area contributed by atoms with Gasteiger partial charge in [-0.2, -0.15) is 5.10 Å². The van der Waals surface area contributed by atoms with E-state index >= 15 is 0 Å². The molecule has 41 heavy (non-hydrogen) atoms. The van der Waals surface area contributed by atoms with Crippen molar-refractivity contribution in [1.29, 1.82) is 0 Å². The van der Waals surface area contributed by atoms with Gasteiger partial charge >= 0.3 is 0 Å². The maximum atomic E-state index is 13.7. The second-order valence-corrected chi connectivity index (χ2v) is 11.7. The Bertz CT molecular complexity index is 1510. The Labute approximate surface area is 241 Å². The normalized spacial score (nSPS) is 17.3. The van der Waals surface area contributed by atoms with Crippen molar-refractivity contribution in [3.05, 3.63) is 59.5 Å². The Hall–Kier alpha value is -3.56. The number of aryl methyl sites for hydroxylation is 2. The monoisotopic (exact) mass is 555 g/mol. The predicted molar refractivity (Wildman–Crippen MR) is 161 cm³/mol. The van der Waals surface area contributed by atoms with Crippen LogP contribution in [0, 0.1) is 6.92 Å². The second-order valence-electron chi connectivity index (χ2n) is 11.7. The molecule has 1 saturated heterocycles. The number of hydrogen-bond acceptors (Lipinski definition) is 6. The summed E-state index contributed by atoms with van der Waals surface area (Å²) in [5.74, 6) is 1.01. The smallest absolute Gasteiger partial charge is 0.258 e. The Balaban J connectivity index is 1.29. The number of nitrogens with one attached hydrogen (secondary N) is 1. The summed E-state index contributed by atoms with van der Waals surface area (Å²) in [4.78, 5) is 25.8. The van der Waals surface area contributed by atoms with E-state index < -0.39 is 0 Å². The lowest BCUT2D eigenvalue weighted by Gasteiger charge is -2.32. The van der Waals surface area contributed by atoms with Gasteiger partial charge in [-0.3, -0.25) is 19.8 Å². The summed E-state index contributed by atoms with van der Waals surface area (Å²) >= 11 is 0. The average molecular weight is 556 g/mol. The zero-order chi connectivity index (χ0) is 28.3. The number of methoxy groups -OCH3 is 1. The number of rotatable bonds is 8. The number of pyridine rings is 1. The molecule has 4 heterocycles. The van der Waals surface area contributed by atoms with E-state index in [0.29, 0.717) is 23.5 Å². The Kier molecular flexibility index (Phi) is 8.16. The molecular weight excluding hydrogens is 514 g/mol. The molecule has 2 fully saturated rings. The molecule has 6 rings (SSSR count). The molecule has 0 unspecified atom stereocenters. The average Bonchev–Trinajstić information content (AvgIpc) is 3.59. The quantitative estimate of drug-likeness (QED) is 0.299. The van der Waals surface area contributed by atoms with Crippen LogP contribution in [0.1, 0.15) is 78.5 Å². The number of amides is 1. The summed E-state index contributed by atoms with van der Waals surface area (Å²) in [6.45, 7) is 5.90. The van der Waals surface area contributed by atoms with Gasteiger partial charge in [0.15, 0.2) is 0 Å². The largest absolute Gasteiger partial charge is 0.383 e. The highest BCUT2D eigenvalue weighted by atomic mass is 16.5. The van der Waals surface area contributed by atoms with Crippen molar-refractivity contribution in [2.75, 3.05) is 38.7 Å². The van der Waals surface area contributed by atoms with Gasteiger partial charge < -0.3 is 14.2 Å². The summed E-state index contributed by atoms with van der Waals surface area (Å²) in [7, 11) is 3.64. The van der Waals surface area contributed by atoms with Crippen molar-refractivity contribution in [2.45, 2.75) is 63.8 Å². The third-order valence-corrected chi connectivity index (χ3v) is 8.77. The van der Waals surface area contributed by atoms with Gasteiger partial charge in [0.05, 0.1) is 29.5 Å². The molecule has 0 atom stereocenters. The molecule has 4 aromatic rings. The van der Waals surface area contributed by atoms with Crippen LogP contribution in [-0.4, -0.2) is 68.5 Å². The first-order valence-corrected chi connectivity index (χ1v) is 15.0. The van der Waals surface area contributed by atoms with E-state index in [4.69, 9.17) is 9.72 Å². The van der Waals surface area contributed by atoms with Crippen molar-refractivity contribution in [3.8, 4) is 11.3 Å². The van der Waals surface area contributed by atoms with E-state index in [2.05, 4.69) is 43.1 Å². The molecule has 1 amide bonds. The van der Waals surface area contributed by atoms with Crippen LogP contribution in [0.15, 0.2) is 42.7 Å². The van der Waals surface area contributed by atoms with Crippen molar-refractivity contribution in [1.82, 2.24) is 29.2 Å². The van der Waals surface area contributed by atoms with Crippen molar-refractivity contribution >= 4 is 22.9 Å². The first-order chi connectivity index (χ1) is 20.0. The standard InChI is InChI=1S/C32H41N7O2/c1-22-17-25(18-29(34-22)26-20-33-37(2)21-26)31(40)36-32-35-28-10-9-24(23-11-13-38(14-12-23)15-16-41-3)19-30(28)39(32)27-7-5-4-6-8-27/h9-10,17-21,23,27H,4-8,11-16H2,1-3H3,(H,35,36,40). The molecule has 0 bridgehead atoms. The first kappa shape index (κ1) is 27.6. The third kappa shape index (κ3) is 6.06. The maximum absolute atomic E-state index is 13.7. The van der Waals surface area contributed by atoms with Crippen LogP contribution in [0.2, 0.25) is 0 Å².